The third kappa shape index (κ3) is 3.99. The Morgan fingerprint density at radius 1 is 1.12 bits per heavy atom. The van der Waals surface area contributed by atoms with Crippen LogP contribution in [0.2, 0.25) is 0 Å². The van der Waals surface area contributed by atoms with Crippen LogP contribution < -0.4 is 5.32 Å². The van der Waals surface area contributed by atoms with Gasteiger partial charge in [0.15, 0.2) is 0 Å². The van der Waals surface area contributed by atoms with Crippen LogP contribution in [0, 0.1) is 11.8 Å². The number of carbonyl (C=O) groups excluding carboxylic acids is 1. The zero-order valence-corrected chi connectivity index (χ0v) is 19.5. The largest absolute Gasteiger partial charge is 0.361 e. The van der Waals surface area contributed by atoms with Gasteiger partial charge < -0.3 is 10.3 Å². The Hall–Kier alpha value is -2.19. The first kappa shape index (κ1) is 21.6. The standard InChI is InChI=1S/C24H32N4O3S/c1-17-5-7-19(8-6-17)22-26-23(29)24(27-22)11-14-28(15-12-24)32(30,31)16-10-18-3-2-4-21-20(18)9-13-25-21/h2-4,9,13,17,19,25H,5-8,10-12,14-16H2,1H3,(H,26,27,29). The SMILES string of the molecule is CC1CCC(C2=NC3(CCN(S(=O)(=O)CCc4cccc5[nH]ccc45)CC3)C(=O)N2)CC1. The summed E-state index contributed by atoms with van der Waals surface area (Å²) in [7, 11) is -3.39. The number of aryl methyl sites for hydroxylation is 1. The molecule has 1 aromatic carbocycles. The number of nitrogens with zero attached hydrogens (tertiary/aromatic N) is 2. The molecule has 8 heteroatoms. The van der Waals surface area contributed by atoms with E-state index in [0.717, 1.165) is 41.1 Å². The number of benzene rings is 1. The van der Waals surface area contributed by atoms with E-state index < -0.39 is 15.6 Å². The van der Waals surface area contributed by atoms with Crippen molar-refractivity contribution in [2.45, 2.75) is 57.4 Å². The van der Waals surface area contributed by atoms with Crippen molar-refractivity contribution >= 4 is 32.7 Å². The van der Waals surface area contributed by atoms with E-state index in [2.05, 4.69) is 17.2 Å². The Bertz CT molecular complexity index is 1140. The molecule has 1 aliphatic carbocycles. The molecule has 2 fully saturated rings. The number of hydrogen-bond acceptors (Lipinski definition) is 4. The zero-order valence-electron chi connectivity index (χ0n) is 18.6. The summed E-state index contributed by atoms with van der Waals surface area (Å²) in [4.78, 5) is 20.9. The van der Waals surface area contributed by atoms with Crippen molar-refractivity contribution in [2.24, 2.45) is 16.8 Å². The number of fused-ring (bicyclic) bond motifs is 1. The summed E-state index contributed by atoms with van der Waals surface area (Å²) in [5.41, 5.74) is 1.28. The molecule has 3 aliphatic rings. The highest BCUT2D eigenvalue weighted by atomic mass is 32.2. The predicted octanol–water partition coefficient (Wildman–Crippen LogP) is 3.23. The van der Waals surface area contributed by atoms with Gasteiger partial charge in [-0.15, -0.1) is 0 Å². The second-order valence-corrected chi connectivity index (χ2v) is 11.8. The van der Waals surface area contributed by atoms with Gasteiger partial charge in [0.05, 0.1) is 5.75 Å². The molecular weight excluding hydrogens is 424 g/mol. The molecule has 2 aliphatic heterocycles. The van der Waals surface area contributed by atoms with Crippen molar-refractivity contribution in [1.82, 2.24) is 14.6 Å². The van der Waals surface area contributed by atoms with Gasteiger partial charge in [0, 0.05) is 36.1 Å². The van der Waals surface area contributed by atoms with Crippen LogP contribution >= 0.6 is 0 Å². The van der Waals surface area contributed by atoms with E-state index in [1.54, 1.807) is 4.31 Å². The molecule has 2 N–H and O–H groups in total. The van der Waals surface area contributed by atoms with Crippen molar-refractivity contribution in [2.75, 3.05) is 18.8 Å². The minimum Gasteiger partial charge on any atom is -0.361 e. The van der Waals surface area contributed by atoms with Gasteiger partial charge in [0.2, 0.25) is 10.0 Å². The molecule has 1 aromatic heterocycles. The number of aromatic nitrogens is 1. The van der Waals surface area contributed by atoms with Gasteiger partial charge in [-0.05, 0) is 55.7 Å². The van der Waals surface area contributed by atoms with E-state index in [0.29, 0.717) is 38.3 Å². The molecule has 3 heterocycles. The molecule has 172 valence electrons. The van der Waals surface area contributed by atoms with Gasteiger partial charge in [-0.3, -0.25) is 9.79 Å². The molecule has 1 spiro atoms. The summed E-state index contributed by atoms with van der Waals surface area (Å²) >= 11 is 0. The lowest BCUT2D eigenvalue weighted by atomic mass is 9.82. The summed E-state index contributed by atoms with van der Waals surface area (Å²) in [6, 6.07) is 7.92. The van der Waals surface area contributed by atoms with Crippen molar-refractivity contribution in [3.8, 4) is 0 Å². The maximum Gasteiger partial charge on any atom is 0.253 e. The lowest BCUT2D eigenvalue weighted by Gasteiger charge is -2.34. The Labute approximate surface area is 189 Å². The quantitative estimate of drug-likeness (QED) is 0.723. The van der Waals surface area contributed by atoms with Gasteiger partial charge in [-0.1, -0.05) is 31.9 Å². The molecule has 0 bridgehead atoms. The van der Waals surface area contributed by atoms with Gasteiger partial charge in [-0.2, -0.15) is 0 Å². The molecular formula is C24H32N4O3S. The molecule has 1 saturated carbocycles. The number of aromatic amines is 1. The second-order valence-electron chi connectivity index (χ2n) is 9.76. The first-order chi connectivity index (χ1) is 15.4. The lowest BCUT2D eigenvalue weighted by Crippen LogP contribution is -2.51. The molecule has 32 heavy (non-hydrogen) atoms. The van der Waals surface area contributed by atoms with Gasteiger partial charge >= 0.3 is 0 Å². The minimum atomic E-state index is -3.39. The minimum absolute atomic E-state index is 0.0395. The molecule has 2 aromatic rings. The Balaban J connectivity index is 1.23. The normalized spacial score (nSPS) is 26.4. The van der Waals surface area contributed by atoms with Crippen molar-refractivity contribution in [1.29, 1.82) is 0 Å². The average molecular weight is 457 g/mol. The van der Waals surface area contributed by atoms with E-state index in [1.165, 1.54) is 12.8 Å². The predicted molar refractivity (Wildman–Crippen MR) is 126 cm³/mol. The van der Waals surface area contributed by atoms with Crippen LogP contribution in [0.25, 0.3) is 10.9 Å². The number of H-pyrrole nitrogens is 1. The van der Waals surface area contributed by atoms with Crippen molar-refractivity contribution in [3.05, 3.63) is 36.0 Å². The van der Waals surface area contributed by atoms with Crippen LogP contribution in [-0.4, -0.2) is 53.8 Å². The highest BCUT2D eigenvalue weighted by Crippen LogP contribution is 2.36. The van der Waals surface area contributed by atoms with Crippen molar-refractivity contribution in [3.63, 3.8) is 0 Å². The number of piperidine rings is 1. The molecule has 1 saturated heterocycles. The number of sulfonamides is 1. The molecule has 1 amide bonds. The number of rotatable bonds is 5. The smallest absolute Gasteiger partial charge is 0.253 e. The topological polar surface area (TPSA) is 94.6 Å². The van der Waals surface area contributed by atoms with E-state index in [9.17, 15) is 13.2 Å². The van der Waals surface area contributed by atoms with Gasteiger partial charge in [0.25, 0.3) is 5.91 Å². The molecule has 5 rings (SSSR count). The third-order valence-electron chi connectivity index (χ3n) is 7.66. The summed E-state index contributed by atoms with van der Waals surface area (Å²) in [5, 5.41) is 4.12. The lowest BCUT2D eigenvalue weighted by molar-refractivity contribution is -0.125. The summed E-state index contributed by atoms with van der Waals surface area (Å²) in [6.07, 6.45) is 7.76. The number of carbonyl (C=O) groups is 1. The van der Waals surface area contributed by atoms with Crippen LogP contribution in [0.4, 0.5) is 0 Å². The monoisotopic (exact) mass is 456 g/mol. The Morgan fingerprint density at radius 2 is 1.88 bits per heavy atom. The molecule has 0 unspecified atom stereocenters. The summed E-state index contributed by atoms with van der Waals surface area (Å²) in [5.74, 6) is 1.97. The van der Waals surface area contributed by atoms with E-state index in [4.69, 9.17) is 4.99 Å². The molecule has 0 atom stereocenters. The Kier molecular flexibility index (Phi) is 5.61. The first-order valence-electron chi connectivity index (χ1n) is 11.8. The van der Waals surface area contributed by atoms with Crippen molar-refractivity contribution < 1.29 is 13.2 Å². The maximum atomic E-state index is 13.0. The maximum absolute atomic E-state index is 13.0. The molecule has 0 radical (unpaired) electrons. The zero-order chi connectivity index (χ0) is 22.3. The number of aliphatic imine (C=N–C) groups is 1. The van der Waals surface area contributed by atoms with E-state index >= 15 is 0 Å². The summed E-state index contributed by atoms with van der Waals surface area (Å²) < 4.78 is 27.6. The van der Waals surface area contributed by atoms with E-state index in [-0.39, 0.29) is 11.7 Å². The first-order valence-corrected chi connectivity index (χ1v) is 13.4. The summed E-state index contributed by atoms with van der Waals surface area (Å²) in [6.45, 7) is 2.98. The van der Waals surface area contributed by atoms with Crippen LogP contribution in [0.3, 0.4) is 0 Å². The highest BCUT2D eigenvalue weighted by Gasteiger charge is 2.48. The highest BCUT2D eigenvalue weighted by molar-refractivity contribution is 7.89. The average Bonchev–Trinajstić information content (AvgIpc) is 3.39. The van der Waals surface area contributed by atoms with E-state index in [1.807, 2.05) is 30.5 Å². The van der Waals surface area contributed by atoms with Crippen LogP contribution in [0.5, 0.6) is 0 Å². The third-order valence-corrected chi connectivity index (χ3v) is 9.53. The fourth-order valence-corrected chi connectivity index (χ4v) is 6.95. The number of hydrogen-bond donors (Lipinski definition) is 2. The number of nitrogens with one attached hydrogen (secondary N) is 2. The fourth-order valence-electron chi connectivity index (χ4n) is 5.48. The van der Waals surface area contributed by atoms with Gasteiger partial charge in [0.1, 0.15) is 11.4 Å². The Morgan fingerprint density at radius 3 is 2.62 bits per heavy atom. The fraction of sp³-hybridized carbons (Fsp3) is 0.583. The van der Waals surface area contributed by atoms with Crippen LogP contribution in [0.1, 0.15) is 51.0 Å². The van der Waals surface area contributed by atoms with Gasteiger partial charge in [-0.25, -0.2) is 12.7 Å². The number of amidine groups is 1. The van der Waals surface area contributed by atoms with Crippen LogP contribution in [0.15, 0.2) is 35.5 Å². The number of amides is 1. The second kappa shape index (κ2) is 8.30. The van der Waals surface area contributed by atoms with Crippen LogP contribution in [-0.2, 0) is 21.2 Å². The molecule has 7 nitrogen and oxygen atoms in total.